The molecule has 0 bridgehead atoms. The van der Waals surface area contributed by atoms with Gasteiger partial charge in [0, 0.05) is 13.1 Å². The minimum Gasteiger partial charge on any atom is -0.339 e. The third-order valence-electron chi connectivity index (χ3n) is 6.16. The summed E-state index contributed by atoms with van der Waals surface area (Å²) >= 11 is 0. The Balaban J connectivity index is 1.46. The van der Waals surface area contributed by atoms with Crippen LogP contribution in [0.4, 0.5) is 4.39 Å². The quantitative estimate of drug-likeness (QED) is 0.619. The fourth-order valence-corrected chi connectivity index (χ4v) is 4.36. The molecule has 4 rings (SSSR count). The van der Waals surface area contributed by atoms with Gasteiger partial charge in [0.25, 0.3) is 5.91 Å². The van der Waals surface area contributed by atoms with Crippen LogP contribution in [0.15, 0.2) is 60.8 Å². The zero-order valence-electron chi connectivity index (χ0n) is 16.9. The molecule has 150 valence electrons. The van der Waals surface area contributed by atoms with E-state index in [9.17, 15) is 9.18 Å². The number of aromatic nitrogens is 2. The van der Waals surface area contributed by atoms with Crippen molar-refractivity contribution in [3.8, 4) is 5.69 Å². The summed E-state index contributed by atoms with van der Waals surface area (Å²) in [4.78, 5) is 15.0. The summed E-state index contributed by atoms with van der Waals surface area (Å²) in [7, 11) is 1.87. The molecule has 29 heavy (non-hydrogen) atoms. The highest BCUT2D eigenvalue weighted by molar-refractivity contribution is 5.95. The topological polar surface area (TPSA) is 38.1 Å². The molecule has 3 aromatic rings. The van der Waals surface area contributed by atoms with Gasteiger partial charge in [-0.2, -0.15) is 5.10 Å². The average molecular weight is 391 g/mol. The molecule has 1 fully saturated rings. The molecule has 4 nitrogen and oxygen atoms in total. The molecule has 1 aliphatic carbocycles. The average Bonchev–Trinajstić information content (AvgIpc) is 3.15. The largest absolute Gasteiger partial charge is 0.339 e. The highest BCUT2D eigenvalue weighted by Gasteiger charge is 2.29. The number of hydrogen-bond acceptors (Lipinski definition) is 2. The summed E-state index contributed by atoms with van der Waals surface area (Å²) in [5.74, 6) is 0.167. The number of amides is 1. The highest BCUT2D eigenvalue weighted by atomic mass is 19.1. The zero-order valence-corrected chi connectivity index (χ0v) is 16.9. The maximum Gasteiger partial charge on any atom is 0.257 e. The van der Waals surface area contributed by atoms with Crippen LogP contribution in [0.2, 0.25) is 0 Å². The van der Waals surface area contributed by atoms with E-state index in [1.165, 1.54) is 16.3 Å². The predicted molar refractivity (Wildman–Crippen MR) is 112 cm³/mol. The molecule has 1 heterocycles. The first kappa shape index (κ1) is 19.4. The number of carbonyl (C=O) groups is 1. The first-order valence-electron chi connectivity index (χ1n) is 10.2. The minimum atomic E-state index is -0.356. The molecule has 0 N–H and O–H groups in total. The lowest BCUT2D eigenvalue weighted by Gasteiger charge is -2.35. The molecular weight excluding hydrogens is 365 g/mol. The summed E-state index contributed by atoms with van der Waals surface area (Å²) < 4.78 is 15.6. The Morgan fingerprint density at radius 2 is 1.69 bits per heavy atom. The summed E-state index contributed by atoms with van der Waals surface area (Å²) in [6.07, 6.45) is 5.69. The van der Waals surface area contributed by atoms with Crippen LogP contribution in [-0.4, -0.2) is 33.7 Å². The SMILES string of the molecule is Cc1c(C(=O)N(C)C2CCC(c3ccccc3)CC2)cnn1-c1ccccc1F. The first-order valence-corrected chi connectivity index (χ1v) is 10.2. The Hall–Kier alpha value is -2.95. The van der Waals surface area contributed by atoms with E-state index < -0.39 is 0 Å². The molecule has 5 heteroatoms. The van der Waals surface area contributed by atoms with Crippen LogP contribution in [0, 0.1) is 12.7 Å². The van der Waals surface area contributed by atoms with E-state index in [2.05, 4.69) is 29.4 Å². The number of carbonyl (C=O) groups excluding carboxylic acids is 1. The van der Waals surface area contributed by atoms with E-state index in [4.69, 9.17) is 0 Å². The normalized spacial score (nSPS) is 19.1. The number of para-hydroxylation sites is 1. The lowest BCUT2D eigenvalue weighted by molar-refractivity contribution is 0.0688. The third-order valence-corrected chi connectivity index (χ3v) is 6.16. The maximum atomic E-state index is 14.1. The van der Waals surface area contributed by atoms with Gasteiger partial charge in [0.1, 0.15) is 11.5 Å². The molecule has 0 unspecified atom stereocenters. The Bertz CT molecular complexity index is 990. The van der Waals surface area contributed by atoms with Crippen molar-refractivity contribution in [3.63, 3.8) is 0 Å². The van der Waals surface area contributed by atoms with Crippen LogP contribution in [0.3, 0.4) is 0 Å². The second kappa shape index (κ2) is 8.19. The summed E-state index contributed by atoms with van der Waals surface area (Å²) in [6.45, 7) is 1.81. The van der Waals surface area contributed by atoms with Crippen LogP contribution >= 0.6 is 0 Å². The second-order valence-corrected chi connectivity index (χ2v) is 7.84. The monoisotopic (exact) mass is 391 g/mol. The van der Waals surface area contributed by atoms with E-state index in [1.807, 2.05) is 24.9 Å². The Kier molecular flexibility index (Phi) is 5.47. The molecule has 0 aliphatic heterocycles. The molecule has 1 amide bonds. The van der Waals surface area contributed by atoms with E-state index in [1.54, 1.807) is 24.4 Å². The van der Waals surface area contributed by atoms with E-state index in [-0.39, 0.29) is 17.8 Å². The molecule has 0 saturated heterocycles. The van der Waals surface area contributed by atoms with Crippen molar-refractivity contribution in [2.45, 2.75) is 44.6 Å². The Morgan fingerprint density at radius 1 is 1.03 bits per heavy atom. The van der Waals surface area contributed by atoms with Crippen molar-refractivity contribution in [1.29, 1.82) is 0 Å². The van der Waals surface area contributed by atoms with Gasteiger partial charge in [0.05, 0.1) is 17.5 Å². The Morgan fingerprint density at radius 3 is 2.38 bits per heavy atom. The van der Waals surface area contributed by atoms with Gasteiger partial charge in [0.15, 0.2) is 0 Å². The number of rotatable bonds is 4. The van der Waals surface area contributed by atoms with Gasteiger partial charge in [-0.1, -0.05) is 42.5 Å². The standard InChI is InChI=1S/C24H26FN3O/c1-17-21(16-26-28(17)23-11-7-6-10-22(23)25)24(29)27(2)20-14-12-19(13-15-20)18-8-4-3-5-9-18/h3-11,16,19-20H,12-15H2,1-2H3. The van der Waals surface area contributed by atoms with Crippen molar-refractivity contribution in [2.75, 3.05) is 7.05 Å². The number of nitrogens with zero attached hydrogens (tertiary/aromatic N) is 3. The Labute approximate surface area is 171 Å². The van der Waals surface area contributed by atoms with Gasteiger partial charge in [-0.25, -0.2) is 9.07 Å². The van der Waals surface area contributed by atoms with Crippen LogP contribution in [0.1, 0.15) is 53.2 Å². The number of halogens is 1. The van der Waals surface area contributed by atoms with Crippen molar-refractivity contribution in [3.05, 3.63) is 83.4 Å². The number of benzene rings is 2. The molecule has 1 aromatic heterocycles. The van der Waals surface area contributed by atoms with Crippen LogP contribution < -0.4 is 0 Å². The number of hydrogen-bond donors (Lipinski definition) is 0. The molecule has 0 radical (unpaired) electrons. The fraction of sp³-hybridized carbons (Fsp3) is 0.333. The van der Waals surface area contributed by atoms with E-state index in [0.29, 0.717) is 22.9 Å². The van der Waals surface area contributed by atoms with Crippen LogP contribution in [-0.2, 0) is 0 Å². The molecule has 0 atom stereocenters. The summed E-state index contributed by atoms with van der Waals surface area (Å²) in [5, 5.41) is 4.28. The molecule has 1 saturated carbocycles. The van der Waals surface area contributed by atoms with Gasteiger partial charge in [-0.15, -0.1) is 0 Å². The summed E-state index contributed by atoms with van der Waals surface area (Å²) in [6, 6.07) is 17.3. The zero-order chi connectivity index (χ0) is 20.4. The molecule has 0 spiro atoms. The molecular formula is C24H26FN3O. The van der Waals surface area contributed by atoms with Gasteiger partial charge < -0.3 is 4.90 Å². The van der Waals surface area contributed by atoms with Gasteiger partial charge >= 0.3 is 0 Å². The van der Waals surface area contributed by atoms with Crippen molar-refractivity contribution in [1.82, 2.24) is 14.7 Å². The molecule has 1 aliphatic rings. The van der Waals surface area contributed by atoms with Gasteiger partial charge in [0.2, 0.25) is 0 Å². The summed E-state index contributed by atoms with van der Waals surface area (Å²) in [5.41, 5.74) is 2.93. The smallest absolute Gasteiger partial charge is 0.257 e. The van der Waals surface area contributed by atoms with Crippen LogP contribution in [0.25, 0.3) is 5.69 Å². The van der Waals surface area contributed by atoms with Gasteiger partial charge in [-0.05, 0) is 56.2 Å². The fourth-order valence-electron chi connectivity index (χ4n) is 4.36. The lowest BCUT2D eigenvalue weighted by atomic mass is 9.81. The maximum absolute atomic E-state index is 14.1. The second-order valence-electron chi connectivity index (χ2n) is 7.84. The predicted octanol–water partition coefficient (Wildman–Crippen LogP) is 5.12. The molecule has 2 aromatic carbocycles. The van der Waals surface area contributed by atoms with Gasteiger partial charge in [-0.3, -0.25) is 4.79 Å². The van der Waals surface area contributed by atoms with Crippen molar-refractivity contribution >= 4 is 5.91 Å². The first-order chi connectivity index (χ1) is 14.1. The van der Waals surface area contributed by atoms with Crippen LogP contribution in [0.5, 0.6) is 0 Å². The highest BCUT2D eigenvalue weighted by Crippen LogP contribution is 2.34. The van der Waals surface area contributed by atoms with Crippen molar-refractivity contribution in [2.24, 2.45) is 0 Å². The van der Waals surface area contributed by atoms with Crippen molar-refractivity contribution < 1.29 is 9.18 Å². The van der Waals surface area contributed by atoms with E-state index >= 15 is 0 Å². The lowest BCUT2D eigenvalue weighted by Crippen LogP contribution is -2.39. The minimum absolute atomic E-state index is 0.0479. The van der Waals surface area contributed by atoms with E-state index in [0.717, 1.165) is 25.7 Å². The third kappa shape index (κ3) is 3.82.